The minimum absolute atomic E-state index is 0.386. The molecule has 2 nitrogen and oxygen atoms in total. The molecule has 0 aromatic rings. The van der Waals surface area contributed by atoms with E-state index in [1.165, 1.54) is 19.3 Å². The quantitative estimate of drug-likeness (QED) is 0.690. The van der Waals surface area contributed by atoms with E-state index in [0.717, 1.165) is 38.5 Å². The molecule has 0 bridgehead atoms. The van der Waals surface area contributed by atoms with Crippen molar-refractivity contribution in [2.24, 2.45) is 5.73 Å². The molecule has 0 amide bonds. The van der Waals surface area contributed by atoms with E-state index in [4.69, 9.17) is 5.73 Å². The highest BCUT2D eigenvalue weighted by Crippen LogP contribution is 2.37. The van der Waals surface area contributed by atoms with E-state index in [-0.39, 0.29) is 5.54 Å². The van der Waals surface area contributed by atoms with Gasteiger partial charge in [-0.25, -0.2) is 0 Å². The molecule has 3 N–H and O–H groups in total. The predicted octanol–water partition coefficient (Wildman–Crippen LogP) is 2.98. The monoisotopic (exact) mass is 213 g/mol. The first-order valence-corrected chi connectivity index (χ1v) is 6.53. The lowest BCUT2D eigenvalue weighted by Crippen LogP contribution is -2.59. The molecule has 90 valence electrons. The Morgan fingerprint density at radius 2 is 1.80 bits per heavy atom. The summed E-state index contributed by atoms with van der Waals surface area (Å²) in [6.45, 7) is 4.23. The standard InChI is InChI=1S/C13H27NO/c1-3-4-6-9-12(2,14)13(15)10-7-5-8-11-13/h15H,3-11,14H2,1-2H3. The van der Waals surface area contributed by atoms with Gasteiger partial charge in [0, 0.05) is 5.54 Å². The van der Waals surface area contributed by atoms with Crippen molar-refractivity contribution >= 4 is 0 Å². The fourth-order valence-electron chi connectivity index (χ4n) is 2.68. The number of hydrogen-bond acceptors (Lipinski definition) is 2. The molecule has 0 saturated heterocycles. The highest BCUT2D eigenvalue weighted by Gasteiger charge is 2.43. The van der Waals surface area contributed by atoms with Gasteiger partial charge < -0.3 is 10.8 Å². The van der Waals surface area contributed by atoms with Gasteiger partial charge in [0.15, 0.2) is 0 Å². The molecule has 0 aliphatic heterocycles. The summed E-state index contributed by atoms with van der Waals surface area (Å²) in [7, 11) is 0. The van der Waals surface area contributed by atoms with Crippen molar-refractivity contribution in [3.8, 4) is 0 Å². The molecule has 1 saturated carbocycles. The lowest BCUT2D eigenvalue weighted by Gasteiger charge is -2.45. The second kappa shape index (κ2) is 5.31. The normalized spacial score (nSPS) is 24.8. The summed E-state index contributed by atoms with van der Waals surface area (Å²) >= 11 is 0. The van der Waals surface area contributed by atoms with Crippen LogP contribution in [0.4, 0.5) is 0 Å². The Morgan fingerprint density at radius 1 is 1.20 bits per heavy atom. The third-order valence-corrected chi connectivity index (χ3v) is 4.04. The van der Waals surface area contributed by atoms with Crippen LogP contribution in [0.5, 0.6) is 0 Å². The molecule has 15 heavy (non-hydrogen) atoms. The third-order valence-electron chi connectivity index (χ3n) is 4.04. The first kappa shape index (κ1) is 13.0. The molecule has 1 unspecified atom stereocenters. The molecule has 1 aliphatic carbocycles. The largest absolute Gasteiger partial charge is 0.388 e. The van der Waals surface area contributed by atoms with E-state index in [2.05, 4.69) is 6.92 Å². The maximum absolute atomic E-state index is 10.6. The predicted molar refractivity (Wildman–Crippen MR) is 64.8 cm³/mol. The van der Waals surface area contributed by atoms with Crippen molar-refractivity contribution in [1.82, 2.24) is 0 Å². The van der Waals surface area contributed by atoms with Gasteiger partial charge >= 0.3 is 0 Å². The molecule has 2 heteroatoms. The van der Waals surface area contributed by atoms with E-state index in [1.54, 1.807) is 0 Å². The van der Waals surface area contributed by atoms with Crippen LogP contribution in [0.1, 0.15) is 71.6 Å². The van der Waals surface area contributed by atoms with Gasteiger partial charge in [-0.1, -0.05) is 45.4 Å². The molecule has 1 aliphatic rings. The summed E-state index contributed by atoms with van der Waals surface area (Å²) in [5, 5.41) is 10.6. The summed E-state index contributed by atoms with van der Waals surface area (Å²) in [5.41, 5.74) is 5.33. The zero-order chi connectivity index (χ0) is 11.4. The Bertz CT molecular complexity index is 183. The molecule has 1 fully saturated rings. The van der Waals surface area contributed by atoms with Crippen molar-refractivity contribution in [3.05, 3.63) is 0 Å². The summed E-state index contributed by atoms with van der Waals surface area (Å²) in [6.07, 6.45) is 9.86. The first-order valence-electron chi connectivity index (χ1n) is 6.53. The van der Waals surface area contributed by atoms with Crippen LogP contribution in [0.2, 0.25) is 0 Å². The zero-order valence-electron chi connectivity index (χ0n) is 10.4. The number of aliphatic hydroxyl groups is 1. The summed E-state index contributed by atoms with van der Waals surface area (Å²) in [6, 6.07) is 0. The highest BCUT2D eigenvalue weighted by molar-refractivity contribution is 5.01. The Hall–Kier alpha value is -0.0800. The van der Waals surface area contributed by atoms with Gasteiger partial charge in [-0.05, 0) is 26.2 Å². The smallest absolute Gasteiger partial charge is 0.0823 e. The zero-order valence-corrected chi connectivity index (χ0v) is 10.4. The van der Waals surface area contributed by atoms with Gasteiger partial charge in [-0.3, -0.25) is 0 Å². The van der Waals surface area contributed by atoms with Crippen LogP contribution in [-0.4, -0.2) is 16.2 Å². The number of nitrogens with two attached hydrogens (primary N) is 1. The molecule has 0 aromatic heterocycles. The van der Waals surface area contributed by atoms with Gasteiger partial charge in [-0.15, -0.1) is 0 Å². The van der Waals surface area contributed by atoms with Crippen LogP contribution in [0.15, 0.2) is 0 Å². The van der Waals surface area contributed by atoms with Crippen LogP contribution in [0.25, 0.3) is 0 Å². The summed E-state index contributed by atoms with van der Waals surface area (Å²) in [4.78, 5) is 0. The first-order chi connectivity index (χ1) is 7.02. The van der Waals surface area contributed by atoms with Gasteiger partial charge in [0.25, 0.3) is 0 Å². The van der Waals surface area contributed by atoms with Crippen LogP contribution >= 0.6 is 0 Å². The van der Waals surface area contributed by atoms with Crippen LogP contribution in [-0.2, 0) is 0 Å². The maximum atomic E-state index is 10.6. The second-order valence-electron chi connectivity index (χ2n) is 5.47. The molecule has 0 spiro atoms. The Balaban J connectivity index is 2.49. The van der Waals surface area contributed by atoms with E-state index in [9.17, 15) is 5.11 Å². The van der Waals surface area contributed by atoms with E-state index in [0.29, 0.717) is 0 Å². The average molecular weight is 213 g/mol. The Kier molecular flexibility index (Phi) is 4.60. The van der Waals surface area contributed by atoms with Crippen molar-refractivity contribution in [3.63, 3.8) is 0 Å². The number of unbranched alkanes of at least 4 members (excludes halogenated alkanes) is 2. The van der Waals surface area contributed by atoms with E-state index in [1.807, 2.05) is 6.92 Å². The van der Waals surface area contributed by atoms with E-state index >= 15 is 0 Å². The minimum Gasteiger partial charge on any atom is -0.388 e. The molecular weight excluding hydrogens is 186 g/mol. The van der Waals surface area contributed by atoms with Crippen molar-refractivity contribution < 1.29 is 5.11 Å². The van der Waals surface area contributed by atoms with Gasteiger partial charge in [-0.2, -0.15) is 0 Å². The molecule has 0 aromatic carbocycles. The number of rotatable bonds is 5. The average Bonchev–Trinajstić information content (AvgIpc) is 2.19. The summed E-state index contributed by atoms with van der Waals surface area (Å²) in [5.74, 6) is 0. The van der Waals surface area contributed by atoms with Crippen molar-refractivity contribution in [2.75, 3.05) is 0 Å². The fourth-order valence-corrected chi connectivity index (χ4v) is 2.68. The van der Waals surface area contributed by atoms with Crippen LogP contribution in [0.3, 0.4) is 0 Å². The molecule has 0 radical (unpaired) electrons. The molecule has 1 rings (SSSR count). The minimum atomic E-state index is -0.598. The van der Waals surface area contributed by atoms with Gasteiger partial charge in [0.2, 0.25) is 0 Å². The van der Waals surface area contributed by atoms with Crippen LogP contribution in [0, 0.1) is 0 Å². The molecule has 1 atom stereocenters. The van der Waals surface area contributed by atoms with Crippen molar-refractivity contribution in [2.45, 2.75) is 82.8 Å². The molecular formula is C13H27NO. The van der Waals surface area contributed by atoms with Crippen molar-refractivity contribution in [1.29, 1.82) is 0 Å². The lowest BCUT2D eigenvalue weighted by molar-refractivity contribution is -0.0616. The van der Waals surface area contributed by atoms with E-state index < -0.39 is 5.60 Å². The topological polar surface area (TPSA) is 46.2 Å². The number of hydrogen-bond donors (Lipinski definition) is 2. The van der Waals surface area contributed by atoms with Gasteiger partial charge in [0.05, 0.1) is 5.60 Å². The third kappa shape index (κ3) is 3.18. The second-order valence-corrected chi connectivity index (χ2v) is 5.47. The van der Waals surface area contributed by atoms with Gasteiger partial charge in [0.1, 0.15) is 0 Å². The van der Waals surface area contributed by atoms with Crippen LogP contribution < -0.4 is 5.73 Å². The lowest BCUT2D eigenvalue weighted by atomic mass is 9.70. The Morgan fingerprint density at radius 3 is 2.33 bits per heavy atom. The Labute approximate surface area is 94.2 Å². The fraction of sp³-hybridized carbons (Fsp3) is 1.00. The maximum Gasteiger partial charge on any atom is 0.0823 e. The SMILES string of the molecule is CCCCCC(C)(N)C1(O)CCCCC1. The highest BCUT2D eigenvalue weighted by atomic mass is 16.3. The molecule has 0 heterocycles. The summed E-state index contributed by atoms with van der Waals surface area (Å²) < 4.78 is 0.